The monoisotopic (exact) mass is 476 g/mol. The Hall–Kier alpha value is -3.80. The molecule has 6 nitrogen and oxygen atoms in total. The molecule has 0 amide bonds. The molecule has 0 saturated carbocycles. The van der Waals surface area contributed by atoms with Gasteiger partial charge in [0.15, 0.2) is 0 Å². The number of hydrogen-bond donors (Lipinski definition) is 1. The van der Waals surface area contributed by atoms with Crippen molar-refractivity contribution in [3.63, 3.8) is 0 Å². The van der Waals surface area contributed by atoms with E-state index >= 15 is 0 Å². The number of esters is 2. The van der Waals surface area contributed by atoms with E-state index in [1.54, 1.807) is 24.3 Å². The van der Waals surface area contributed by atoms with Gasteiger partial charge in [0.2, 0.25) is 0 Å². The van der Waals surface area contributed by atoms with Gasteiger partial charge in [0, 0.05) is 0 Å². The first kappa shape index (κ1) is 25.8. The van der Waals surface area contributed by atoms with Gasteiger partial charge in [0.05, 0.1) is 11.7 Å². The van der Waals surface area contributed by atoms with Crippen molar-refractivity contribution < 1.29 is 28.9 Å². The maximum absolute atomic E-state index is 12.6. The third kappa shape index (κ3) is 8.18. The molecule has 35 heavy (non-hydrogen) atoms. The number of carbonyl (C=O) groups is 2. The second-order valence-corrected chi connectivity index (χ2v) is 8.43. The Morgan fingerprint density at radius 2 is 1.57 bits per heavy atom. The summed E-state index contributed by atoms with van der Waals surface area (Å²) in [5.41, 5.74) is 1.08. The van der Waals surface area contributed by atoms with Crippen LogP contribution < -0.4 is 9.47 Å². The molecule has 3 aromatic carbocycles. The number of aromatic hydroxyl groups is 1. The number of benzene rings is 3. The minimum Gasteiger partial charge on any atom is -0.507 e. The zero-order valence-corrected chi connectivity index (χ0v) is 20.2. The van der Waals surface area contributed by atoms with E-state index in [0.717, 1.165) is 18.4 Å². The second kappa shape index (κ2) is 13.2. The lowest BCUT2D eigenvalue weighted by Gasteiger charge is -2.15. The molecule has 1 atom stereocenters. The number of unbranched alkanes of at least 4 members (excludes halogenated alkanes) is 3. The Bertz CT molecular complexity index is 1090. The molecule has 0 spiro atoms. The third-order valence-corrected chi connectivity index (χ3v) is 5.50. The molecule has 0 radical (unpaired) electrons. The fourth-order valence-electron chi connectivity index (χ4n) is 3.53. The van der Waals surface area contributed by atoms with E-state index in [1.165, 1.54) is 37.5 Å². The Kier molecular flexibility index (Phi) is 9.72. The highest BCUT2D eigenvalue weighted by molar-refractivity contribution is 5.94. The number of phenols is 1. The van der Waals surface area contributed by atoms with Crippen LogP contribution in [0.4, 0.5) is 0 Å². The van der Waals surface area contributed by atoms with Crippen LogP contribution in [0.1, 0.15) is 72.2 Å². The first-order chi connectivity index (χ1) is 17.0. The Morgan fingerprint density at radius 1 is 0.857 bits per heavy atom. The third-order valence-electron chi connectivity index (χ3n) is 5.50. The van der Waals surface area contributed by atoms with Crippen LogP contribution in [0.25, 0.3) is 0 Å². The van der Waals surface area contributed by atoms with Crippen LogP contribution in [0.3, 0.4) is 0 Å². The molecule has 0 aliphatic heterocycles. The molecule has 0 aromatic heterocycles. The van der Waals surface area contributed by atoms with Crippen LogP contribution in [-0.2, 0) is 11.3 Å². The lowest BCUT2D eigenvalue weighted by Crippen LogP contribution is -2.12. The minimum absolute atomic E-state index is 0.0644. The summed E-state index contributed by atoms with van der Waals surface area (Å²) in [5.74, 6) is -0.737. The normalized spacial score (nSPS) is 11.5. The Balaban J connectivity index is 1.56. The summed E-state index contributed by atoms with van der Waals surface area (Å²) in [6, 6.07) is 20.0. The lowest BCUT2D eigenvalue weighted by molar-refractivity contribution is 0.0467. The molecule has 0 unspecified atom stereocenters. The Morgan fingerprint density at radius 3 is 2.29 bits per heavy atom. The van der Waals surface area contributed by atoms with Crippen molar-refractivity contribution in [3.05, 3.63) is 89.5 Å². The van der Waals surface area contributed by atoms with Gasteiger partial charge in [-0.15, -0.1) is 0 Å². The lowest BCUT2D eigenvalue weighted by atomic mass is 10.1. The predicted molar refractivity (Wildman–Crippen MR) is 134 cm³/mol. The summed E-state index contributed by atoms with van der Waals surface area (Å²) in [6.45, 7) is 4.30. The van der Waals surface area contributed by atoms with E-state index in [1.807, 2.05) is 37.3 Å². The van der Waals surface area contributed by atoms with E-state index < -0.39 is 11.9 Å². The molecular formula is C29H32O6. The maximum atomic E-state index is 12.6. The summed E-state index contributed by atoms with van der Waals surface area (Å²) in [4.78, 5) is 25.0. The molecular weight excluding hydrogens is 444 g/mol. The van der Waals surface area contributed by atoms with Crippen LogP contribution in [0.2, 0.25) is 0 Å². The van der Waals surface area contributed by atoms with Crippen LogP contribution in [0.5, 0.6) is 17.2 Å². The van der Waals surface area contributed by atoms with Gasteiger partial charge in [-0.05, 0) is 67.8 Å². The predicted octanol–water partition coefficient (Wildman–Crippen LogP) is 6.71. The highest BCUT2D eigenvalue weighted by Gasteiger charge is 2.17. The van der Waals surface area contributed by atoms with E-state index in [4.69, 9.17) is 14.2 Å². The van der Waals surface area contributed by atoms with Gasteiger partial charge >= 0.3 is 11.9 Å². The number of rotatable bonds is 12. The largest absolute Gasteiger partial charge is 0.507 e. The van der Waals surface area contributed by atoms with E-state index in [9.17, 15) is 14.7 Å². The number of phenolic OH excluding ortho intramolecular Hbond substituents is 1. The van der Waals surface area contributed by atoms with Crippen LogP contribution in [0.15, 0.2) is 72.8 Å². The van der Waals surface area contributed by atoms with Crippen molar-refractivity contribution in [2.24, 2.45) is 0 Å². The molecule has 3 rings (SSSR count). The average molecular weight is 477 g/mol. The first-order valence-electron chi connectivity index (χ1n) is 12.0. The summed E-state index contributed by atoms with van der Waals surface area (Å²) in [6.07, 6.45) is 5.87. The quantitative estimate of drug-likeness (QED) is 0.178. The fourth-order valence-corrected chi connectivity index (χ4v) is 3.53. The number of ether oxygens (including phenoxy) is 3. The highest BCUT2D eigenvalue weighted by atomic mass is 16.5. The summed E-state index contributed by atoms with van der Waals surface area (Å²) in [7, 11) is 0. The molecule has 0 saturated heterocycles. The van der Waals surface area contributed by atoms with Gasteiger partial charge in [-0.25, -0.2) is 9.59 Å². The molecule has 0 fully saturated rings. The van der Waals surface area contributed by atoms with Crippen LogP contribution in [-0.4, -0.2) is 23.1 Å². The van der Waals surface area contributed by atoms with Crippen LogP contribution in [0, 0.1) is 0 Å². The summed E-state index contributed by atoms with van der Waals surface area (Å²) >= 11 is 0. The zero-order valence-electron chi connectivity index (χ0n) is 20.2. The molecule has 0 aliphatic rings. The molecule has 6 heteroatoms. The molecule has 184 valence electrons. The maximum Gasteiger partial charge on any atom is 0.343 e. The van der Waals surface area contributed by atoms with Crippen molar-refractivity contribution in [1.82, 2.24) is 0 Å². The topological polar surface area (TPSA) is 82.1 Å². The van der Waals surface area contributed by atoms with Crippen molar-refractivity contribution in [1.29, 1.82) is 0 Å². The molecule has 0 heterocycles. The second-order valence-electron chi connectivity index (χ2n) is 8.43. The smallest absolute Gasteiger partial charge is 0.343 e. The van der Waals surface area contributed by atoms with Crippen molar-refractivity contribution >= 4 is 11.9 Å². The summed E-state index contributed by atoms with van der Waals surface area (Å²) in [5, 5.41) is 10.1. The minimum atomic E-state index is -0.713. The zero-order chi connectivity index (χ0) is 25.0. The van der Waals surface area contributed by atoms with Gasteiger partial charge in [-0.1, -0.05) is 56.5 Å². The number of carbonyl (C=O) groups excluding carboxylic acids is 2. The van der Waals surface area contributed by atoms with Gasteiger partial charge in [0.1, 0.15) is 29.4 Å². The average Bonchev–Trinajstić information content (AvgIpc) is 2.87. The standard InChI is InChI=1S/C29H32O6/c1-3-4-5-7-10-21(2)34-24-15-13-23(14-16-24)28(31)35-25-17-18-27(30)26(19-25)29(32)33-20-22-11-8-6-9-12-22/h6,8-9,11-19,21,30H,3-5,7,10,20H2,1-2H3/t21-/m1/s1. The van der Waals surface area contributed by atoms with Crippen molar-refractivity contribution in [2.75, 3.05) is 0 Å². The number of hydrogen-bond acceptors (Lipinski definition) is 6. The summed E-state index contributed by atoms with van der Waals surface area (Å²) < 4.78 is 16.6. The molecule has 3 aromatic rings. The van der Waals surface area contributed by atoms with E-state index in [0.29, 0.717) is 11.3 Å². The van der Waals surface area contributed by atoms with Gasteiger partial charge in [-0.2, -0.15) is 0 Å². The van der Waals surface area contributed by atoms with Crippen molar-refractivity contribution in [2.45, 2.75) is 58.7 Å². The molecule has 0 bridgehead atoms. The van der Waals surface area contributed by atoms with Crippen molar-refractivity contribution in [3.8, 4) is 17.2 Å². The van der Waals surface area contributed by atoms with Gasteiger partial charge in [-0.3, -0.25) is 0 Å². The Labute approximate surface area is 206 Å². The van der Waals surface area contributed by atoms with E-state index in [-0.39, 0.29) is 29.8 Å². The highest BCUT2D eigenvalue weighted by Crippen LogP contribution is 2.25. The van der Waals surface area contributed by atoms with E-state index in [2.05, 4.69) is 6.92 Å². The SMILES string of the molecule is CCCCCC[C@@H](C)Oc1ccc(C(=O)Oc2ccc(O)c(C(=O)OCc3ccccc3)c2)cc1. The van der Waals surface area contributed by atoms with Gasteiger partial charge in [0.25, 0.3) is 0 Å². The van der Waals surface area contributed by atoms with Gasteiger partial charge < -0.3 is 19.3 Å². The molecule has 0 aliphatic carbocycles. The first-order valence-corrected chi connectivity index (χ1v) is 12.0. The molecule has 1 N–H and O–H groups in total. The fraction of sp³-hybridized carbons (Fsp3) is 0.310. The van der Waals surface area contributed by atoms with Crippen LogP contribution >= 0.6 is 0 Å².